The van der Waals surface area contributed by atoms with Crippen LogP contribution in [0.15, 0.2) is 18.2 Å². The lowest BCUT2D eigenvalue weighted by molar-refractivity contribution is -0.137. The first-order chi connectivity index (χ1) is 7.40. The van der Waals surface area contributed by atoms with Crippen LogP contribution in [0.2, 0.25) is 0 Å². The van der Waals surface area contributed by atoms with Crippen molar-refractivity contribution in [2.75, 3.05) is 6.61 Å². The monoisotopic (exact) mass is 228 g/mol. The summed E-state index contributed by atoms with van der Waals surface area (Å²) in [5, 5.41) is 17.6. The predicted molar refractivity (Wildman–Crippen MR) is 51.3 cm³/mol. The van der Waals surface area contributed by atoms with Crippen LogP contribution in [0.3, 0.4) is 0 Å². The number of aliphatic hydroxyl groups excluding tert-OH is 1. The number of nitrogens with zero attached hydrogens (tertiary/aromatic N) is 1. The Morgan fingerprint density at radius 2 is 2.06 bits per heavy atom. The lowest BCUT2D eigenvalue weighted by Gasteiger charge is -2.13. The van der Waals surface area contributed by atoms with E-state index in [0.717, 1.165) is 18.2 Å². The van der Waals surface area contributed by atoms with Crippen LogP contribution in [0.4, 0.5) is 13.2 Å². The Morgan fingerprint density at radius 1 is 1.44 bits per heavy atom. The molecule has 1 aromatic rings. The number of hydrogen-bond donors (Lipinski definition) is 1. The Kier molecular flexibility index (Phi) is 3.55. The molecule has 1 rings (SSSR count). The minimum absolute atomic E-state index is 0.0991. The summed E-state index contributed by atoms with van der Waals surface area (Å²) in [6, 6.07) is 4.55. The molecule has 0 saturated carbocycles. The molecule has 0 aliphatic carbocycles. The van der Waals surface area contributed by atoms with Crippen LogP contribution in [0.5, 0.6) is 0 Å². The lowest BCUT2D eigenvalue weighted by Crippen LogP contribution is -2.09. The van der Waals surface area contributed by atoms with Gasteiger partial charge in [0, 0.05) is 12.5 Å². The fourth-order valence-corrected chi connectivity index (χ4v) is 1.28. The highest BCUT2D eigenvalue weighted by molar-refractivity contribution is 5.43. The quantitative estimate of drug-likeness (QED) is 0.845. The van der Waals surface area contributed by atoms with Gasteiger partial charge in [-0.3, -0.25) is 0 Å². The molecule has 0 spiro atoms. The zero-order chi connectivity index (χ0) is 12.3. The van der Waals surface area contributed by atoms with E-state index in [1.54, 1.807) is 6.07 Å². The van der Waals surface area contributed by atoms with E-state index in [2.05, 4.69) is 6.92 Å². The van der Waals surface area contributed by atoms with Gasteiger partial charge < -0.3 is 5.11 Å². The van der Waals surface area contributed by atoms with Gasteiger partial charge in [-0.2, -0.15) is 18.4 Å². The third-order valence-corrected chi connectivity index (χ3v) is 2.16. The Hall–Kier alpha value is -1.54. The van der Waals surface area contributed by atoms with Crippen molar-refractivity contribution in [1.82, 2.24) is 0 Å². The second-order valence-corrected chi connectivity index (χ2v) is 3.29. The zero-order valence-electron chi connectivity index (χ0n) is 8.25. The van der Waals surface area contributed by atoms with Gasteiger partial charge in [-0.25, -0.2) is 0 Å². The summed E-state index contributed by atoms with van der Waals surface area (Å²) in [5.41, 5.74) is -0.634. The minimum Gasteiger partial charge on any atom is -0.396 e. The standard InChI is InChI=1S/C11H9F3NO/c1-7(6-16)10-4-9(11(12,13)14)3-2-8(10)5-15/h2-4,7,16H,1,6H2. The van der Waals surface area contributed by atoms with Crippen molar-refractivity contribution in [3.63, 3.8) is 0 Å². The Bertz CT molecular complexity index is 420. The van der Waals surface area contributed by atoms with E-state index < -0.39 is 24.3 Å². The van der Waals surface area contributed by atoms with Crippen molar-refractivity contribution >= 4 is 0 Å². The molecular weight excluding hydrogens is 219 g/mol. The summed E-state index contributed by atoms with van der Waals surface area (Å²) in [7, 11) is 0. The van der Waals surface area contributed by atoms with Crippen LogP contribution in [-0.4, -0.2) is 11.7 Å². The van der Waals surface area contributed by atoms with Crippen molar-refractivity contribution in [3.8, 4) is 6.07 Å². The SMILES string of the molecule is [CH2]C(CO)c1cc(C(F)(F)F)ccc1C#N. The number of rotatable bonds is 2. The Balaban J connectivity index is 3.28. The van der Waals surface area contributed by atoms with Gasteiger partial charge in [0.1, 0.15) is 0 Å². The normalized spacial score (nSPS) is 13.2. The van der Waals surface area contributed by atoms with E-state index in [-0.39, 0.29) is 11.1 Å². The number of nitriles is 1. The molecule has 0 bridgehead atoms. The molecule has 0 aliphatic rings. The van der Waals surface area contributed by atoms with Gasteiger partial charge in [0.25, 0.3) is 0 Å². The number of halogens is 3. The van der Waals surface area contributed by atoms with Gasteiger partial charge in [0.2, 0.25) is 0 Å². The first kappa shape index (κ1) is 12.5. The van der Waals surface area contributed by atoms with E-state index >= 15 is 0 Å². The number of hydrogen-bond acceptors (Lipinski definition) is 2. The van der Waals surface area contributed by atoms with Crippen LogP contribution in [0.25, 0.3) is 0 Å². The van der Waals surface area contributed by atoms with Crippen molar-refractivity contribution in [3.05, 3.63) is 41.8 Å². The lowest BCUT2D eigenvalue weighted by atomic mass is 9.94. The van der Waals surface area contributed by atoms with Crippen molar-refractivity contribution < 1.29 is 18.3 Å². The molecule has 1 unspecified atom stereocenters. The first-order valence-corrected chi connectivity index (χ1v) is 4.45. The van der Waals surface area contributed by atoms with E-state index in [4.69, 9.17) is 10.4 Å². The fraction of sp³-hybridized carbons (Fsp3) is 0.273. The van der Waals surface area contributed by atoms with Crippen LogP contribution in [0, 0.1) is 18.3 Å². The summed E-state index contributed by atoms with van der Waals surface area (Å²) < 4.78 is 37.2. The minimum atomic E-state index is -4.46. The van der Waals surface area contributed by atoms with Gasteiger partial charge in [-0.05, 0) is 30.7 Å². The average molecular weight is 228 g/mol. The number of benzene rings is 1. The molecule has 2 nitrogen and oxygen atoms in total. The first-order valence-electron chi connectivity index (χ1n) is 4.45. The summed E-state index contributed by atoms with van der Waals surface area (Å²) in [4.78, 5) is 0. The smallest absolute Gasteiger partial charge is 0.396 e. The summed E-state index contributed by atoms with van der Waals surface area (Å²) >= 11 is 0. The van der Waals surface area contributed by atoms with Gasteiger partial charge >= 0.3 is 6.18 Å². The summed E-state index contributed by atoms with van der Waals surface area (Å²) in [6.07, 6.45) is -4.46. The molecule has 0 amide bonds. The van der Waals surface area contributed by atoms with Crippen LogP contribution < -0.4 is 0 Å². The highest BCUT2D eigenvalue weighted by Crippen LogP contribution is 2.32. The van der Waals surface area contributed by atoms with E-state index in [0.29, 0.717) is 0 Å². The van der Waals surface area contributed by atoms with E-state index in [1.165, 1.54) is 0 Å². The molecule has 0 saturated heterocycles. The summed E-state index contributed by atoms with van der Waals surface area (Å²) in [6.45, 7) is 3.08. The molecule has 1 radical (unpaired) electrons. The predicted octanol–water partition coefficient (Wildman–Crippen LogP) is 2.49. The fourth-order valence-electron chi connectivity index (χ4n) is 1.28. The highest BCUT2D eigenvalue weighted by Gasteiger charge is 2.31. The molecule has 16 heavy (non-hydrogen) atoms. The van der Waals surface area contributed by atoms with Crippen molar-refractivity contribution in [1.29, 1.82) is 5.26 Å². The van der Waals surface area contributed by atoms with Crippen LogP contribution in [0.1, 0.15) is 22.6 Å². The molecule has 0 fully saturated rings. The van der Waals surface area contributed by atoms with Crippen molar-refractivity contribution in [2.24, 2.45) is 0 Å². The van der Waals surface area contributed by atoms with Gasteiger partial charge in [0.05, 0.1) is 17.2 Å². The second-order valence-electron chi connectivity index (χ2n) is 3.29. The van der Waals surface area contributed by atoms with Gasteiger partial charge in [0.15, 0.2) is 0 Å². The largest absolute Gasteiger partial charge is 0.416 e. The Morgan fingerprint density at radius 3 is 2.50 bits per heavy atom. The van der Waals surface area contributed by atoms with E-state index in [9.17, 15) is 13.2 Å². The zero-order valence-corrected chi connectivity index (χ0v) is 8.25. The molecule has 1 aromatic carbocycles. The van der Waals surface area contributed by atoms with Gasteiger partial charge in [-0.1, -0.05) is 0 Å². The topological polar surface area (TPSA) is 44.0 Å². The molecule has 85 valence electrons. The molecule has 5 heteroatoms. The summed E-state index contributed by atoms with van der Waals surface area (Å²) in [5.74, 6) is -0.739. The van der Waals surface area contributed by atoms with E-state index in [1.807, 2.05) is 0 Å². The molecule has 1 N–H and O–H groups in total. The maximum atomic E-state index is 12.4. The third kappa shape index (κ3) is 2.52. The molecule has 1 atom stereocenters. The highest BCUT2D eigenvalue weighted by atomic mass is 19.4. The van der Waals surface area contributed by atoms with Crippen LogP contribution in [-0.2, 0) is 6.18 Å². The molecular formula is C11H9F3NO. The van der Waals surface area contributed by atoms with Gasteiger partial charge in [-0.15, -0.1) is 0 Å². The number of alkyl halides is 3. The third-order valence-electron chi connectivity index (χ3n) is 2.16. The van der Waals surface area contributed by atoms with Crippen molar-refractivity contribution in [2.45, 2.75) is 12.1 Å². The molecule has 0 aliphatic heterocycles. The average Bonchev–Trinajstić information content (AvgIpc) is 2.25. The second kappa shape index (κ2) is 4.54. The molecule has 0 aromatic heterocycles. The maximum Gasteiger partial charge on any atom is 0.416 e. The van der Waals surface area contributed by atoms with Crippen LogP contribution >= 0.6 is 0 Å². The molecule has 0 heterocycles. The maximum absolute atomic E-state index is 12.4. The Labute approximate surface area is 90.9 Å². The number of aliphatic hydroxyl groups is 1.